The van der Waals surface area contributed by atoms with Crippen molar-refractivity contribution >= 4 is 6.21 Å². The zero-order chi connectivity index (χ0) is 8.23. The summed E-state index contributed by atoms with van der Waals surface area (Å²) in [6.07, 6.45) is 9.14. The predicted molar refractivity (Wildman–Crippen MR) is 50.6 cm³/mol. The Morgan fingerprint density at radius 3 is 2.92 bits per heavy atom. The van der Waals surface area contributed by atoms with Crippen molar-refractivity contribution in [3.8, 4) is 0 Å². The van der Waals surface area contributed by atoms with Crippen molar-refractivity contribution in [1.82, 2.24) is 4.98 Å². The first kappa shape index (κ1) is 7.59. The number of H-pyrrole nitrogens is 1. The smallest absolute Gasteiger partial charge is 0.0561 e. The molecule has 2 nitrogen and oxygen atoms in total. The number of nitrogens with one attached hydrogen (secondary N) is 1. The van der Waals surface area contributed by atoms with E-state index in [2.05, 4.69) is 9.98 Å². The summed E-state index contributed by atoms with van der Waals surface area (Å²) in [5, 5.41) is 0. The van der Waals surface area contributed by atoms with Crippen LogP contribution in [0.5, 0.6) is 0 Å². The maximum absolute atomic E-state index is 4.51. The van der Waals surface area contributed by atoms with Crippen LogP contribution in [-0.4, -0.2) is 17.2 Å². The lowest BCUT2D eigenvalue weighted by Gasteiger charge is -1.98. The van der Waals surface area contributed by atoms with Gasteiger partial charge in [-0.25, -0.2) is 0 Å². The molecule has 0 spiro atoms. The Labute approximate surface area is 72.7 Å². The highest BCUT2D eigenvalue weighted by Crippen LogP contribution is 2.20. The number of rotatable bonds is 2. The van der Waals surface area contributed by atoms with Crippen molar-refractivity contribution < 1.29 is 0 Å². The van der Waals surface area contributed by atoms with Crippen molar-refractivity contribution in [2.45, 2.75) is 31.7 Å². The molecule has 1 aromatic rings. The van der Waals surface area contributed by atoms with E-state index < -0.39 is 0 Å². The number of hydrogen-bond donors (Lipinski definition) is 1. The van der Waals surface area contributed by atoms with Crippen LogP contribution >= 0.6 is 0 Å². The van der Waals surface area contributed by atoms with Gasteiger partial charge in [0.25, 0.3) is 0 Å². The largest absolute Gasteiger partial charge is 0.360 e. The van der Waals surface area contributed by atoms with Gasteiger partial charge in [0.2, 0.25) is 0 Å². The number of aromatic amines is 1. The Hall–Kier alpha value is -1.05. The van der Waals surface area contributed by atoms with Gasteiger partial charge >= 0.3 is 0 Å². The molecular weight excluding hydrogens is 148 g/mol. The highest BCUT2D eigenvalue weighted by atomic mass is 14.8. The molecule has 0 unspecified atom stereocenters. The average Bonchev–Trinajstić information content (AvgIpc) is 2.74. The lowest BCUT2D eigenvalue weighted by atomic mass is 10.3. The summed E-state index contributed by atoms with van der Waals surface area (Å²) in [5.74, 6) is 0. The summed E-state index contributed by atoms with van der Waals surface area (Å²) in [6, 6.07) is 4.63. The molecule has 64 valence electrons. The first-order valence-corrected chi connectivity index (χ1v) is 4.62. The highest BCUT2D eigenvalue weighted by molar-refractivity contribution is 5.77. The molecule has 12 heavy (non-hydrogen) atoms. The Morgan fingerprint density at radius 2 is 2.25 bits per heavy atom. The van der Waals surface area contributed by atoms with Gasteiger partial charge < -0.3 is 4.98 Å². The van der Waals surface area contributed by atoms with Gasteiger partial charge in [-0.05, 0) is 25.0 Å². The molecule has 0 aliphatic heterocycles. The van der Waals surface area contributed by atoms with E-state index in [1.165, 1.54) is 25.7 Å². The topological polar surface area (TPSA) is 28.1 Å². The van der Waals surface area contributed by atoms with Crippen molar-refractivity contribution in [2.75, 3.05) is 0 Å². The summed E-state index contributed by atoms with van der Waals surface area (Å²) < 4.78 is 0. The van der Waals surface area contributed by atoms with Crippen molar-refractivity contribution in [1.29, 1.82) is 0 Å². The molecule has 0 bridgehead atoms. The minimum absolute atomic E-state index is 0.591. The number of hydrogen-bond acceptors (Lipinski definition) is 1. The minimum atomic E-state index is 0.591. The Bertz CT molecular complexity index is 243. The van der Waals surface area contributed by atoms with Crippen LogP contribution in [-0.2, 0) is 0 Å². The van der Waals surface area contributed by atoms with E-state index >= 15 is 0 Å². The summed E-state index contributed by atoms with van der Waals surface area (Å²) in [6.45, 7) is 0. The molecule has 1 saturated carbocycles. The quantitative estimate of drug-likeness (QED) is 0.647. The molecule has 0 radical (unpaired) electrons. The zero-order valence-electron chi connectivity index (χ0n) is 7.16. The Morgan fingerprint density at radius 1 is 1.42 bits per heavy atom. The molecular formula is C10H14N2. The van der Waals surface area contributed by atoms with Gasteiger partial charge in [-0.3, -0.25) is 4.99 Å². The second kappa shape index (κ2) is 3.57. The van der Waals surface area contributed by atoms with Crippen LogP contribution in [0.25, 0.3) is 0 Å². The molecule has 1 aliphatic rings. The van der Waals surface area contributed by atoms with Crippen LogP contribution in [0.15, 0.2) is 23.3 Å². The van der Waals surface area contributed by atoms with Crippen LogP contribution in [0.2, 0.25) is 0 Å². The average molecular weight is 162 g/mol. The first-order valence-electron chi connectivity index (χ1n) is 4.62. The van der Waals surface area contributed by atoms with Crippen LogP contribution < -0.4 is 0 Å². The summed E-state index contributed by atoms with van der Waals surface area (Å²) in [7, 11) is 0. The van der Waals surface area contributed by atoms with E-state index in [1.807, 2.05) is 24.5 Å². The van der Waals surface area contributed by atoms with Crippen LogP contribution in [0.3, 0.4) is 0 Å². The summed E-state index contributed by atoms with van der Waals surface area (Å²) in [4.78, 5) is 7.62. The van der Waals surface area contributed by atoms with Crippen molar-refractivity contribution in [3.05, 3.63) is 24.0 Å². The number of aromatic nitrogens is 1. The van der Waals surface area contributed by atoms with Gasteiger partial charge in [0.05, 0.1) is 11.7 Å². The maximum atomic E-state index is 4.51. The predicted octanol–water partition coefficient (Wildman–Crippen LogP) is 2.38. The molecule has 1 fully saturated rings. The van der Waals surface area contributed by atoms with Gasteiger partial charge in [0.1, 0.15) is 0 Å². The van der Waals surface area contributed by atoms with Gasteiger partial charge in [-0.1, -0.05) is 12.8 Å². The third-order valence-corrected chi connectivity index (χ3v) is 2.37. The van der Waals surface area contributed by atoms with Gasteiger partial charge in [-0.2, -0.15) is 0 Å². The van der Waals surface area contributed by atoms with E-state index in [0.29, 0.717) is 6.04 Å². The van der Waals surface area contributed by atoms with E-state index in [4.69, 9.17) is 0 Å². The van der Waals surface area contributed by atoms with Gasteiger partial charge in [0.15, 0.2) is 0 Å². The molecule has 0 atom stereocenters. The van der Waals surface area contributed by atoms with Gasteiger partial charge in [0, 0.05) is 12.4 Å². The normalized spacial score (nSPS) is 19.3. The third kappa shape index (κ3) is 1.76. The maximum Gasteiger partial charge on any atom is 0.0561 e. The van der Waals surface area contributed by atoms with E-state index in [0.717, 1.165) is 5.69 Å². The van der Waals surface area contributed by atoms with Crippen molar-refractivity contribution in [3.63, 3.8) is 0 Å². The lowest BCUT2D eigenvalue weighted by Crippen LogP contribution is -1.96. The lowest BCUT2D eigenvalue weighted by molar-refractivity contribution is 0.710. The molecule has 1 heterocycles. The molecule has 0 aromatic carbocycles. The molecule has 1 N–H and O–H groups in total. The van der Waals surface area contributed by atoms with Crippen LogP contribution in [0, 0.1) is 0 Å². The second-order valence-corrected chi connectivity index (χ2v) is 3.34. The third-order valence-electron chi connectivity index (χ3n) is 2.37. The molecule has 1 aromatic heterocycles. The van der Waals surface area contributed by atoms with E-state index in [1.54, 1.807) is 0 Å². The Kier molecular flexibility index (Phi) is 2.26. The fourth-order valence-corrected chi connectivity index (χ4v) is 1.66. The number of nitrogens with zero attached hydrogens (tertiary/aromatic N) is 1. The zero-order valence-corrected chi connectivity index (χ0v) is 7.16. The van der Waals surface area contributed by atoms with E-state index in [9.17, 15) is 0 Å². The van der Waals surface area contributed by atoms with Crippen LogP contribution in [0.1, 0.15) is 31.4 Å². The number of aliphatic imine (C=N–C) groups is 1. The molecule has 0 amide bonds. The summed E-state index contributed by atoms with van der Waals surface area (Å²) in [5.41, 5.74) is 1.11. The fourth-order valence-electron chi connectivity index (χ4n) is 1.66. The molecule has 2 heteroatoms. The fraction of sp³-hybridized carbons (Fsp3) is 0.500. The SMILES string of the molecule is C(=NC1CCCC1)c1ccc[nH]1. The van der Waals surface area contributed by atoms with Crippen molar-refractivity contribution in [2.24, 2.45) is 4.99 Å². The van der Waals surface area contributed by atoms with E-state index in [-0.39, 0.29) is 0 Å². The first-order chi connectivity index (χ1) is 5.95. The highest BCUT2D eigenvalue weighted by Gasteiger charge is 2.11. The monoisotopic (exact) mass is 162 g/mol. The summed E-state index contributed by atoms with van der Waals surface area (Å²) >= 11 is 0. The molecule has 0 saturated heterocycles. The standard InChI is InChI=1S/C10H14N2/c1-2-5-9(4-1)12-8-10-6-3-7-11-10/h3,6-9,11H,1-2,4-5H2. The van der Waals surface area contributed by atoms with Crippen LogP contribution in [0.4, 0.5) is 0 Å². The van der Waals surface area contributed by atoms with Gasteiger partial charge in [-0.15, -0.1) is 0 Å². The molecule has 1 aliphatic carbocycles. The minimum Gasteiger partial charge on any atom is -0.360 e. The second-order valence-electron chi connectivity index (χ2n) is 3.34. The Balaban J connectivity index is 1.93. The molecule has 2 rings (SSSR count).